The highest BCUT2D eigenvalue weighted by Crippen LogP contribution is 2.44. The summed E-state index contributed by atoms with van der Waals surface area (Å²) in [7, 11) is 0. The van der Waals surface area contributed by atoms with E-state index in [4.69, 9.17) is 4.98 Å². The van der Waals surface area contributed by atoms with Crippen molar-refractivity contribution >= 4 is 32.2 Å². The van der Waals surface area contributed by atoms with Crippen LogP contribution >= 0.6 is 11.3 Å². The number of halogens is 4. The molecule has 0 saturated carbocycles. The molecule has 0 aliphatic carbocycles. The highest BCUT2D eigenvalue weighted by atomic mass is 32.1. The highest BCUT2D eigenvalue weighted by molar-refractivity contribution is 7.23. The number of pyridine rings is 1. The smallest absolute Gasteiger partial charge is 0.255 e. The molecule has 2 heterocycles. The van der Waals surface area contributed by atoms with Crippen molar-refractivity contribution in [3.05, 3.63) is 89.4 Å². The maximum atomic E-state index is 14.1. The quantitative estimate of drug-likeness (QED) is 0.203. The van der Waals surface area contributed by atoms with Crippen LogP contribution < -0.4 is 0 Å². The Bertz CT molecular complexity index is 1690. The van der Waals surface area contributed by atoms with Gasteiger partial charge in [0.15, 0.2) is 0 Å². The Morgan fingerprint density at radius 1 is 0.795 bits per heavy atom. The third kappa shape index (κ3) is 5.07. The average molecular weight is 550 g/mol. The maximum Gasteiger partial charge on any atom is 0.394 e. The summed E-state index contributed by atoms with van der Waals surface area (Å²) in [6.07, 6.45) is -2.52. The summed E-state index contributed by atoms with van der Waals surface area (Å²) in [5.74, 6) is -0.257. The molecule has 0 atom stereocenters. The van der Waals surface area contributed by atoms with Crippen LogP contribution in [0.15, 0.2) is 66.9 Å². The minimum absolute atomic E-state index is 0.0712. The monoisotopic (exact) mass is 549 g/mol. The molecule has 0 radical (unpaired) electrons. The minimum atomic E-state index is -4.26. The number of thiophene rings is 1. The standard InChI is InChI=1S/C33H31F4NS/c1-19-25-13-14-38-28(23-15-22-11-12-24(34)17-26(22)27(16-23)31(2,3)4)30(25)39-29(19)21-9-7-20(8-10-21)18-32(5,6)33(35,36)37/h7-17H,18H2,1-6H3. The Labute approximate surface area is 230 Å². The van der Waals surface area contributed by atoms with Gasteiger partial charge in [-0.3, -0.25) is 4.98 Å². The number of benzene rings is 3. The number of rotatable bonds is 4. The van der Waals surface area contributed by atoms with Crippen LogP contribution in [0.3, 0.4) is 0 Å². The molecule has 5 rings (SSSR count). The Kier molecular flexibility index (Phi) is 6.61. The zero-order valence-electron chi connectivity index (χ0n) is 22.9. The van der Waals surface area contributed by atoms with Crippen LogP contribution in [0.5, 0.6) is 0 Å². The molecule has 2 aromatic heterocycles. The van der Waals surface area contributed by atoms with Gasteiger partial charge in [-0.2, -0.15) is 13.2 Å². The summed E-state index contributed by atoms with van der Waals surface area (Å²) in [5.41, 5.74) is 3.64. The Morgan fingerprint density at radius 2 is 1.49 bits per heavy atom. The topological polar surface area (TPSA) is 12.9 Å². The molecule has 0 N–H and O–H groups in total. The molecule has 0 spiro atoms. The zero-order chi connectivity index (χ0) is 28.3. The van der Waals surface area contributed by atoms with Crippen molar-refractivity contribution < 1.29 is 17.6 Å². The van der Waals surface area contributed by atoms with Crippen molar-refractivity contribution in [1.29, 1.82) is 0 Å². The predicted octanol–water partition coefficient (Wildman–Crippen LogP) is 10.7. The summed E-state index contributed by atoms with van der Waals surface area (Å²) in [5, 5.41) is 2.96. The van der Waals surface area contributed by atoms with Crippen LogP contribution in [0.1, 0.15) is 51.3 Å². The fraction of sp³-hybridized carbons (Fsp3) is 0.303. The SMILES string of the molecule is Cc1c(-c2ccc(CC(C)(C)C(F)(F)F)cc2)sc2c(-c3cc(C(C)(C)C)c4cc(F)ccc4c3)nccc12. The lowest BCUT2D eigenvalue weighted by Crippen LogP contribution is -2.34. The first-order valence-electron chi connectivity index (χ1n) is 12.9. The summed E-state index contributed by atoms with van der Waals surface area (Å²) >= 11 is 1.64. The molecule has 6 heteroatoms. The lowest BCUT2D eigenvalue weighted by Gasteiger charge is -2.27. The van der Waals surface area contributed by atoms with Gasteiger partial charge in [0.25, 0.3) is 0 Å². The van der Waals surface area contributed by atoms with Gasteiger partial charge in [0.05, 0.1) is 15.8 Å². The van der Waals surface area contributed by atoms with E-state index in [2.05, 4.69) is 39.8 Å². The molecule has 202 valence electrons. The van der Waals surface area contributed by atoms with Crippen LogP contribution in [0.25, 0.3) is 42.6 Å². The molecule has 5 aromatic rings. The van der Waals surface area contributed by atoms with Crippen molar-refractivity contribution in [2.45, 2.75) is 59.6 Å². The fourth-order valence-corrected chi connectivity index (χ4v) is 6.42. The van der Waals surface area contributed by atoms with Crippen LogP contribution in [0, 0.1) is 18.2 Å². The van der Waals surface area contributed by atoms with E-state index in [9.17, 15) is 17.6 Å². The van der Waals surface area contributed by atoms with E-state index in [-0.39, 0.29) is 17.7 Å². The lowest BCUT2D eigenvalue weighted by atomic mass is 9.82. The van der Waals surface area contributed by atoms with Crippen molar-refractivity contribution in [1.82, 2.24) is 4.98 Å². The van der Waals surface area contributed by atoms with Crippen LogP contribution in [0.4, 0.5) is 17.6 Å². The summed E-state index contributed by atoms with van der Waals surface area (Å²) in [4.78, 5) is 5.85. The number of aromatic nitrogens is 1. The van der Waals surface area contributed by atoms with Crippen molar-refractivity contribution in [3.63, 3.8) is 0 Å². The van der Waals surface area contributed by atoms with Crippen LogP contribution in [0.2, 0.25) is 0 Å². The normalized spacial score (nSPS) is 13.0. The molecule has 0 saturated heterocycles. The number of fused-ring (bicyclic) bond motifs is 2. The third-order valence-corrected chi connectivity index (χ3v) is 8.84. The van der Waals surface area contributed by atoms with Gasteiger partial charge in [-0.05, 0) is 87.5 Å². The van der Waals surface area contributed by atoms with Gasteiger partial charge < -0.3 is 0 Å². The maximum absolute atomic E-state index is 14.1. The second kappa shape index (κ2) is 9.44. The van der Waals surface area contributed by atoms with Crippen LogP contribution in [-0.4, -0.2) is 11.2 Å². The summed E-state index contributed by atoms with van der Waals surface area (Å²) in [6.45, 7) is 10.9. The molecule has 0 aliphatic heterocycles. The number of alkyl halides is 3. The summed E-state index contributed by atoms with van der Waals surface area (Å²) < 4.78 is 55.3. The molecule has 3 aromatic carbocycles. The third-order valence-electron chi connectivity index (χ3n) is 7.48. The molecule has 0 bridgehead atoms. The van der Waals surface area contributed by atoms with Gasteiger partial charge in [0.2, 0.25) is 0 Å². The van der Waals surface area contributed by atoms with Crippen molar-refractivity contribution in [2.75, 3.05) is 0 Å². The van der Waals surface area contributed by atoms with Crippen molar-refractivity contribution in [2.24, 2.45) is 5.41 Å². The second-order valence-corrected chi connectivity index (χ2v) is 13.0. The van der Waals surface area contributed by atoms with Gasteiger partial charge in [-0.1, -0.05) is 65.0 Å². The molecule has 0 fully saturated rings. The molecule has 1 nitrogen and oxygen atoms in total. The number of hydrogen-bond acceptors (Lipinski definition) is 2. The predicted molar refractivity (Wildman–Crippen MR) is 155 cm³/mol. The molecular weight excluding hydrogens is 518 g/mol. The van der Waals surface area contributed by atoms with E-state index < -0.39 is 11.6 Å². The first-order chi connectivity index (χ1) is 18.2. The minimum Gasteiger partial charge on any atom is -0.255 e. The van der Waals surface area contributed by atoms with E-state index in [1.807, 2.05) is 30.5 Å². The number of nitrogens with zero attached hydrogens (tertiary/aromatic N) is 1. The largest absolute Gasteiger partial charge is 0.394 e. The number of aryl methyl sites for hydroxylation is 1. The molecule has 0 amide bonds. The Hall–Kier alpha value is -3.25. The zero-order valence-corrected chi connectivity index (χ0v) is 23.7. The average Bonchev–Trinajstić information content (AvgIpc) is 3.19. The fourth-order valence-electron chi connectivity index (χ4n) is 5.10. The molecular formula is C33H31F4NS. The van der Waals surface area contributed by atoms with Gasteiger partial charge in [0, 0.05) is 16.6 Å². The molecule has 0 unspecified atom stereocenters. The summed E-state index contributed by atoms with van der Waals surface area (Å²) in [6, 6.07) is 18.5. The van der Waals surface area contributed by atoms with E-state index in [0.29, 0.717) is 5.56 Å². The molecule has 39 heavy (non-hydrogen) atoms. The Morgan fingerprint density at radius 3 is 2.13 bits per heavy atom. The molecule has 0 aliphatic rings. The van der Waals surface area contributed by atoms with E-state index in [1.54, 1.807) is 29.5 Å². The van der Waals surface area contributed by atoms with E-state index >= 15 is 0 Å². The van der Waals surface area contributed by atoms with Gasteiger partial charge in [-0.25, -0.2) is 4.39 Å². The highest BCUT2D eigenvalue weighted by Gasteiger charge is 2.46. The van der Waals surface area contributed by atoms with Crippen LogP contribution in [-0.2, 0) is 11.8 Å². The first kappa shape index (κ1) is 27.3. The Balaban J connectivity index is 1.60. The van der Waals surface area contributed by atoms with Gasteiger partial charge in [0.1, 0.15) is 5.82 Å². The van der Waals surface area contributed by atoms with E-state index in [0.717, 1.165) is 53.7 Å². The second-order valence-electron chi connectivity index (χ2n) is 12.0. The van der Waals surface area contributed by atoms with Crippen molar-refractivity contribution in [3.8, 4) is 21.7 Å². The van der Waals surface area contributed by atoms with E-state index in [1.165, 1.54) is 19.9 Å². The van der Waals surface area contributed by atoms with Gasteiger partial charge >= 0.3 is 6.18 Å². The number of hydrogen-bond donors (Lipinski definition) is 0. The van der Waals surface area contributed by atoms with Gasteiger partial charge in [-0.15, -0.1) is 11.3 Å². The lowest BCUT2D eigenvalue weighted by molar-refractivity contribution is -0.211. The first-order valence-corrected chi connectivity index (χ1v) is 13.8.